The van der Waals surface area contributed by atoms with E-state index in [1.165, 1.54) is 0 Å². The average molecular weight is 289 g/mol. The lowest BCUT2D eigenvalue weighted by molar-refractivity contribution is 0.355. The minimum Gasteiger partial charge on any atom is -0.493 e. The third-order valence-electron chi connectivity index (χ3n) is 2.98. The van der Waals surface area contributed by atoms with Gasteiger partial charge in [-0.1, -0.05) is 17.7 Å². The zero-order chi connectivity index (χ0) is 14.7. The summed E-state index contributed by atoms with van der Waals surface area (Å²) < 4.78 is 10.5. The quantitative estimate of drug-likeness (QED) is 0.810. The smallest absolute Gasteiger partial charge is 0.161 e. The highest BCUT2D eigenvalue weighted by Crippen LogP contribution is 2.34. The van der Waals surface area contributed by atoms with Crippen molar-refractivity contribution in [3.05, 3.63) is 40.7 Å². The van der Waals surface area contributed by atoms with Crippen LogP contribution in [0.2, 0.25) is 5.15 Å². The molecule has 0 radical (unpaired) electrons. The number of rotatable bonds is 3. The van der Waals surface area contributed by atoms with E-state index in [4.69, 9.17) is 26.3 Å². The molecular weight excluding hydrogens is 276 g/mol. The van der Waals surface area contributed by atoms with Gasteiger partial charge in [-0.3, -0.25) is 0 Å². The number of ether oxygens (including phenoxy) is 2. The predicted molar refractivity (Wildman–Crippen MR) is 77.2 cm³/mol. The molecule has 1 heterocycles. The van der Waals surface area contributed by atoms with Crippen LogP contribution in [0.1, 0.15) is 11.3 Å². The SMILES string of the molecule is COc1ccc(-c2cc(C#N)c(Cl)nc2C)cc1OC. The standard InChI is InChI=1S/C15H13ClN2O2/c1-9-12(6-11(8-17)15(16)18-9)10-4-5-13(19-2)14(7-10)20-3/h4-7H,1-3H3. The summed E-state index contributed by atoms with van der Waals surface area (Å²) in [7, 11) is 3.16. The number of benzene rings is 1. The maximum Gasteiger partial charge on any atom is 0.161 e. The van der Waals surface area contributed by atoms with Gasteiger partial charge in [0.05, 0.1) is 19.8 Å². The fourth-order valence-corrected chi connectivity index (χ4v) is 2.17. The Labute approximate surface area is 122 Å². The number of nitriles is 1. The highest BCUT2D eigenvalue weighted by Gasteiger charge is 2.12. The summed E-state index contributed by atoms with van der Waals surface area (Å²) in [5, 5.41) is 9.26. The van der Waals surface area contributed by atoms with E-state index in [2.05, 4.69) is 4.98 Å². The Morgan fingerprint density at radius 1 is 1.15 bits per heavy atom. The van der Waals surface area contributed by atoms with E-state index in [9.17, 15) is 0 Å². The highest BCUT2D eigenvalue weighted by atomic mass is 35.5. The first-order chi connectivity index (χ1) is 9.60. The predicted octanol–water partition coefficient (Wildman–Crippen LogP) is 3.60. The van der Waals surface area contributed by atoms with Crippen molar-refractivity contribution >= 4 is 11.6 Å². The van der Waals surface area contributed by atoms with E-state index in [-0.39, 0.29) is 5.15 Å². The molecule has 5 heteroatoms. The summed E-state index contributed by atoms with van der Waals surface area (Å²) in [4.78, 5) is 4.19. The number of aryl methyl sites for hydroxylation is 1. The Balaban J connectivity index is 2.60. The first kappa shape index (κ1) is 14.2. The number of hydrogen-bond donors (Lipinski definition) is 0. The number of hydrogen-bond acceptors (Lipinski definition) is 4. The number of aromatic nitrogens is 1. The second-order valence-electron chi connectivity index (χ2n) is 4.14. The molecule has 0 N–H and O–H groups in total. The summed E-state index contributed by atoms with van der Waals surface area (Å²) in [5.41, 5.74) is 2.83. The molecule has 1 aromatic heterocycles. The molecule has 2 rings (SSSR count). The zero-order valence-electron chi connectivity index (χ0n) is 11.4. The molecule has 4 nitrogen and oxygen atoms in total. The molecule has 0 unspecified atom stereocenters. The van der Waals surface area contributed by atoms with Gasteiger partial charge in [0.2, 0.25) is 0 Å². The van der Waals surface area contributed by atoms with Crippen molar-refractivity contribution in [1.82, 2.24) is 4.98 Å². The van der Waals surface area contributed by atoms with Gasteiger partial charge in [0, 0.05) is 11.3 Å². The third kappa shape index (κ3) is 2.54. The Hall–Kier alpha value is -2.25. The normalized spacial score (nSPS) is 9.95. The van der Waals surface area contributed by atoms with Crippen LogP contribution in [0.25, 0.3) is 11.1 Å². The van der Waals surface area contributed by atoms with Crippen LogP contribution in [0.15, 0.2) is 24.3 Å². The van der Waals surface area contributed by atoms with Crippen LogP contribution < -0.4 is 9.47 Å². The minimum atomic E-state index is 0.217. The van der Waals surface area contributed by atoms with Crippen molar-refractivity contribution in [2.24, 2.45) is 0 Å². The Bertz CT molecular complexity index is 693. The zero-order valence-corrected chi connectivity index (χ0v) is 12.2. The molecule has 102 valence electrons. The molecule has 0 amide bonds. The average Bonchev–Trinajstić information content (AvgIpc) is 2.46. The van der Waals surface area contributed by atoms with Crippen LogP contribution in [0.5, 0.6) is 11.5 Å². The van der Waals surface area contributed by atoms with Gasteiger partial charge in [-0.05, 0) is 30.7 Å². The molecule has 20 heavy (non-hydrogen) atoms. The summed E-state index contributed by atoms with van der Waals surface area (Å²) >= 11 is 5.92. The Morgan fingerprint density at radius 3 is 2.45 bits per heavy atom. The van der Waals surface area contributed by atoms with Gasteiger partial charge in [0.1, 0.15) is 11.2 Å². The fraction of sp³-hybridized carbons (Fsp3) is 0.200. The largest absolute Gasteiger partial charge is 0.493 e. The van der Waals surface area contributed by atoms with Gasteiger partial charge in [-0.15, -0.1) is 0 Å². The fourth-order valence-electron chi connectivity index (χ4n) is 1.95. The van der Waals surface area contributed by atoms with Crippen molar-refractivity contribution in [1.29, 1.82) is 5.26 Å². The molecule has 0 fully saturated rings. The van der Waals surface area contributed by atoms with Crippen LogP contribution in [-0.4, -0.2) is 19.2 Å². The van der Waals surface area contributed by atoms with Crippen molar-refractivity contribution in [3.63, 3.8) is 0 Å². The lowest BCUT2D eigenvalue weighted by Gasteiger charge is -2.11. The van der Waals surface area contributed by atoms with E-state index < -0.39 is 0 Å². The first-order valence-electron chi connectivity index (χ1n) is 5.90. The Kier molecular flexibility index (Phi) is 4.11. The lowest BCUT2D eigenvalue weighted by Crippen LogP contribution is -1.94. The van der Waals surface area contributed by atoms with Gasteiger partial charge in [0.15, 0.2) is 11.5 Å². The molecular formula is C15H13ClN2O2. The Morgan fingerprint density at radius 2 is 1.85 bits per heavy atom. The maximum atomic E-state index is 9.04. The topological polar surface area (TPSA) is 55.1 Å². The third-order valence-corrected chi connectivity index (χ3v) is 3.27. The van der Waals surface area contributed by atoms with E-state index >= 15 is 0 Å². The van der Waals surface area contributed by atoms with Gasteiger partial charge in [-0.2, -0.15) is 5.26 Å². The van der Waals surface area contributed by atoms with Crippen LogP contribution in [0, 0.1) is 18.3 Å². The van der Waals surface area contributed by atoms with Gasteiger partial charge >= 0.3 is 0 Å². The number of halogens is 1. The molecule has 0 aliphatic rings. The monoisotopic (exact) mass is 288 g/mol. The molecule has 0 saturated carbocycles. The number of nitrogens with zero attached hydrogens (tertiary/aromatic N) is 2. The van der Waals surface area contributed by atoms with Crippen molar-refractivity contribution in [3.8, 4) is 28.7 Å². The van der Waals surface area contributed by atoms with Gasteiger partial charge in [-0.25, -0.2) is 4.98 Å². The van der Waals surface area contributed by atoms with Crippen LogP contribution in [-0.2, 0) is 0 Å². The van der Waals surface area contributed by atoms with E-state index in [1.807, 2.05) is 31.2 Å². The van der Waals surface area contributed by atoms with Crippen molar-refractivity contribution < 1.29 is 9.47 Å². The molecule has 0 spiro atoms. The number of pyridine rings is 1. The van der Waals surface area contributed by atoms with Crippen molar-refractivity contribution in [2.45, 2.75) is 6.92 Å². The van der Waals surface area contributed by atoms with E-state index in [0.29, 0.717) is 17.1 Å². The van der Waals surface area contributed by atoms with E-state index in [0.717, 1.165) is 16.8 Å². The summed E-state index contributed by atoms with van der Waals surface area (Å²) in [6.07, 6.45) is 0. The molecule has 0 saturated heterocycles. The second kappa shape index (κ2) is 5.81. The first-order valence-corrected chi connectivity index (χ1v) is 6.28. The molecule has 0 aliphatic heterocycles. The van der Waals surface area contributed by atoms with Crippen LogP contribution in [0.4, 0.5) is 0 Å². The molecule has 0 atom stereocenters. The van der Waals surface area contributed by atoms with Crippen molar-refractivity contribution in [2.75, 3.05) is 14.2 Å². The second-order valence-corrected chi connectivity index (χ2v) is 4.50. The van der Waals surface area contributed by atoms with Gasteiger partial charge < -0.3 is 9.47 Å². The lowest BCUT2D eigenvalue weighted by atomic mass is 10.0. The maximum absolute atomic E-state index is 9.04. The molecule has 0 bridgehead atoms. The highest BCUT2D eigenvalue weighted by molar-refractivity contribution is 6.30. The van der Waals surface area contributed by atoms with Crippen LogP contribution >= 0.6 is 11.6 Å². The number of methoxy groups -OCH3 is 2. The molecule has 0 aliphatic carbocycles. The molecule has 1 aromatic carbocycles. The minimum absolute atomic E-state index is 0.217. The summed E-state index contributed by atoms with van der Waals surface area (Å²) in [5.74, 6) is 1.27. The summed E-state index contributed by atoms with van der Waals surface area (Å²) in [6, 6.07) is 9.31. The van der Waals surface area contributed by atoms with Gasteiger partial charge in [0.25, 0.3) is 0 Å². The van der Waals surface area contributed by atoms with Crippen LogP contribution in [0.3, 0.4) is 0 Å². The van der Waals surface area contributed by atoms with E-state index in [1.54, 1.807) is 20.3 Å². The molecule has 2 aromatic rings. The summed E-state index contributed by atoms with van der Waals surface area (Å²) in [6.45, 7) is 1.85.